The predicted octanol–water partition coefficient (Wildman–Crippen LogP) is 2.82. The molecule has 1 aromatic carbocycles. The third kappa shape index (κ3) is 2.70. The summed E-state index contributed by atoms with van der Waals surface area (Å²) in [6, 6.07) is 9.62. The van der Waals surface area contributed by atoms with Gasteiger partial charge < -0.3 is 10.0 Å². The Bertz CT molecular complexity index is 673. The molecule has 0 aliphatic heterocycles. The van der Waals surface area contributed by atoms with Crippen LogP contribution in [0.4, 0.5) is 5.69 Å². The van der Waals surface area contributed by atoms with Gasteiger partial charge in [-0.15, -0.1) is 0 Å². The Balaban J connectivity index is 2.42. The summed E-state index contributed by atoms with van der Waals surface area (Å²) in [5, 5.41) is 9.16. The third-order valence-corrected chi connectivity index (χ3v) is 3.42. The second-order valence-electron chi connectivity index (χ2n) is 4.03. The van der Waals surface area contributed by atoms with E-state index in [2.05, 4.69) is 20.9 Å². The fraction of sp³-hybridized carbons (Fsp3) is 0.0714. The molecular formula is C14H11BrN2O3. The van der Waals surface area contributed by atoms with Crippen LogP contribution in [-0.2, 0) is 0 Å². The lowest BCUT2D eigenvalue weighted by Gasteiger charge is -2.19. The van der Waals surface area contributed by atoms with Crippen LogP contribution in [0.1, 0.15) is 20.7 Å². The lowest BCUT2D eigenvalue weighted by Crippen LogP contribution is -2.28. The van der Waals surface area contributed by atoms with E-state index in [1.54, 1.807) is 36.5 Å². The second kappa shape index (κ2) is 5.83. The highest BCUT2D eigenvalue weighted by molar-refractivity contribution is 9.10. The number of carbonyl (C=O) groups excluding carboxylic acids is 1. The molecule has 0 aliphatic rings. The molecule has 0 aliphatic carbocycles. The summed E-state index contributed by atoms with van der Waals surface area (Å²) >= 11 is 3.21. The van der Waals surface area contributed by atoms with Crippen LogP contribution in [0.15, 0.2) is 47.2 Å². The number of pyridine rings is 1. The van der Waals surface area contributed by atoms with Crippen LogP contribution in [-0.4, -0.2) is 29.0 Å². The maximum atomic E-state index is 12.4. The van der Waals surface area contributed by atoms with Crippen molar-refractivity contribution in [3.05, 3.63) is 58.3 Å². The molecule has 0 spiro atoms. The number of carboxylic acid groups (broad SMARTS) is 1. The third-order valence-electron chi connectivity index (χ3n) is 2.79. The molecule has 1 amide bonds. The molecule has 20 heavy (non-hydrogen) atoms. The molecule has 5 nitrogen and oxygen atoms in total. The van der Waals surface area contributed by atoms with Crippen LogP contribution < -0.4 is 4.90 Å². The van der Waals surface area contributed by atoms with Gasteiger partial charge >= 0.3 is 5.97 Å². The lowest BCUT2D eigenvalue weighted by molar-refractivity contribution is 0.0697. The summed E-state index contributed by atoms with van der Waals surface area (Å²) in [6.45, 7) is 0. The van der Waals surface area contributed by atoms with E-state index in [9.17, 15) is 9.59 Å². The Morgan fingerprint density at radius 1 is 1.15 bits per heavy atom. The van der Waals surface area contributed by atoms with Crippen molar-refractivity contribution in [3.63, 3.8) is 0 Å². The SMILES string of the molecule is CN(C(=O)c1cccnc1Br)c1ccccc1C(=O)O. The molecule has 6 heteroatoms. The van der Waals surface area contributed by atoms with Crippen molar-refractivity contribution >= 4 is 33.5 Å². The molecule has 0 saturated carbocycles. The zero-order valence-electron chi connectivity index (χ0n) is 10.6. The predicted molar refractivity (Wildman–Crippen MR) is 78.1 cm³/mol. The smallest absolute Gasteiger partial charge is 0.337 e. The Labute approximate surface area is 124 Å². The maximum Gasteiger partial charge on any atom is 0.337 e. The Hall–Kier alpha value is -2.21. The molecule has 102 valence electrons. The molecule has 0 saturated heterocycles. The highest BCUT2D eigenvalue weighted by Crippen LogP contribution is 2.23. The molecular weight excluding hydrogens is 324 g/mol. The number of carbonyl (C=O) groups is 2. The van der Waals surface area contributed by atoms with E-state index in [-0.39, 0.29) is 11.5 Å². The average molecular weight is 335 g/mol. The van der Waals surface area contributed by atoms with Gasteiger partial charge in [-0.25, -0.2) is 9.78 Å². The number of nitrogens with zero attached hydrogens (tertiary/aromatic N) is 2. The molecule has 0 atom stereocenters. The van der Waals surface area contributed by atoms with Crippen molar-refractivity contribution in [2.24, 2.45) is 0 Å². The van der Waals surface area contributed by atoms with Crippen LogP contribution >= 0.6 is 15.9 Å². The first-order valence-electron chi connectivity index (χ1n) is 5.73. The fourth-order valence-corrected chi connectivity index (χ4v) is 2.20. The molecule has 1 N–H and O–H groups in total. The summed E-state index contributed by atoms with van der Waals surface area (Å²) in [7, 11) is 1.53. The Kier molecular flexibility index (Phi) is 4.14. The van der Waals surface area contributed by atoms with E-state index in [0.29, 0.717) is 15.9 Å². The van der Waals surface area contributed by atoms with Gasteiger partial charge in [0.15, 0.2) is 0 Å². The number of anilines is 1. The number of aromatic carboxylic acids is 1. The Morgan fingerprint density at radius 2 is 1.80 bits per heavy atom. The van der Waals surface area contributed by atoms with Gasteiger partial charge in [0.1, 0.15) is 4.60 Å². The number of halogens is 1. The summed E-state index contributed by atoms with van der Waals surface area (Å²) in [5.74, 6) is -1.41. The van der Waals surface area contributed by atoms with E-state index in [1.165, 1.54) is 18.0 Å². The average Bonchev–Trinajstić information content (AvgIpc) is 2.46. The number of para-hydroxylation sites is 1. The van der Waals surface area contributed by atoms with Crippen molar-refractivity contribution < 1.29 is 14.7 Å². The first-order valence-corrected chi connectivity index (χ1v) is 6.52. The number of hydrogen-bond acceptors (Lipinski definition) is 3. The van der Waals surface area contributed by atoms with Gasteiger partial charge in [-0.3, -0.25) is 4.79 Å². The minimum atomic E-state index is -1.08. The summed E-state index contributed by atoms with van der Waals surface area (Å²) < 4.78 is 0.421. The molecule has 0 radical (unpaired) electrons. The van der Waals surface area contributed by atoms with Crippen LogP contribution in [0.25, 0.3) is 0 Å². The van der Waals surface area contributed by atoms with Crippen molar-refractivity contribution in [1.29, 1.82) is 0 Å². The maximum absolute atomic E-state index is 12.4. The lowest BCUT2D eigenvalue weighted by atomic mass is 10.1. The normalized spacial score (nSPS) is 10.1. The van der Waals surface area contributed by atoms with Gasteiger partial charge in [0.25, 0.3) is 5.91 Å². The van der Waals surface area contributed by atoms with Gasteiger partial charge in [0.05, 0.1) is 16.8 Å². The number of carboxylic acids is 1. The van der Waals surface area contributed by atoms with E-state index in [1.807, 2.05) is 0 Å². The quantitative estimate of drug-likeness (QED) is 0.876. The monoisotopic (exact) mass is 334 g/mol. The van der Waals surface area contributed by atoms with E-state index in [0.717, 1.165) is 0 Å². The van der Waals surface area contributed by atoms with Crippen LogP contribution in [0, 0.1) is 0 Å². The fourth-order valence-electron chi connectivity index (χ4n) is 1.78. The molecule has 2 aromatic rings. The standard InChI is InChI=1S/C14H11BrN2O3/c1-17(11-7-3-2-5-9(11)14(19)20)13(18)10-6-4-8-16-12(10)15/h2-8H,1H3,(H,19,20). The van der Waals surface area contributed by atoms with Gasteiger partial charge in [0, 0.05) is 13.2 Å². The van der Waals surface area contributed by atoms with Gasteiger partial charge in [-0.2, -0.15) is 0 Å². The number of hydrogen-bond donors (Lipinski definition) is 1. The number of aromatic nitrogens is 1. The number of rotatable bonds is 3. The van der Waals surface area contributed by atoms with Crippen LogP contribution in [0.2, 0.25) is 0 Å². The molecule has 1 aromatic heterocycles. The van der Waals surface area contributed by atoms with Crippen LogP contribution in [0.5, 0.6) is 0 Å². The first kappa shape index (κ1) is 14.2. The summed E-state index contributed by atoms with van der Waals surface area (Å²) in [5.41, 5.74) is 0.777. The molecule has 1 heterocycles. The van der Waals surface area contributed by atoms with Crippen molar-refractivity contribution in [3.8, 4) is 0 Å². The van der Waals surface area contributed by atoms with Gasteiger partial charge in [-0.1, -0.05) is 12.1 Å². The minimum Gasteiger partial charge on any atom is -0.478 e. The highest BCUT2D eigenvalue weighted by Gasteiger charge is 2.20. The molecule has 0 fully saturated rings. The summed E-state index contributed by atoms with van der Waals surface area (Å²) in [6.07, 6.45) is 1.56. The Morgan fingerprint density at radius 3 is 2.45 bits per heavy atom. The number of benzene rings is 1. The molecule has 0 unspecified atom stereocenters. The topological polar surface area (TPSA) is 70.5 Å². The zero-order chi connectivity index (χ0) is 14.7. The van der Waals surface area contributed by atoms with Crippen molar-refractivity contribution in [1.82, 2.24) is 4.98 Å². The zero-order valence-corrected chi connectivity index (χ0v) is 12.2. The van der Waals surface area contributed by atoms with Crippen molar-refractivity contribution in [2.75, 3.05) is 11.9 Å². The van der Waals surface area contributed by atoms with Crippen molar-refractivity contribution in [2.45, 2.75) is 0 Å². The molecule has 0 bridgehead atoms. The van der Waals surface area contributed by atoms with Gasteiger partial charge in [-0.05, 0) is 40.2 Å². The van der Waals surface area contributed by atoms with E-state index < -0.39 is 5.97 Å². The highest BCUT2D eigenvalue weighted by atomic mass is 79.9. The second-order valence-corrected chi connectivity index (χ2v) is 4.78. The van der Waals surface area contributed by atoms with Crippen LogP contribution in [0.3, 0.4) is 0 Å². The molecule has 2 rings (SSSR count). The minimum absolute atomic E-state index is 0.0726. The van der Waals surface area contributed by atoms with E-state index >= 15 is 0 Å². The number of amides is 1. The van der Waals surface area contributed by atoms with Gasteiger partial charge in [0.2, 0.25) is 0 Å². The first-order chi connectivity index (χ1) is 9.52. The van der Waals surface area contributed by atoms with E-state index in [4.69, 9.17) is 5.11 Å². The summed E-state index contributed by atoms with van der Waals surface area (Å²) in [4.78, 5) is 28.9. The largest absolute Gasteiger partial charge is 0.478 e.